The monoisotopic (exact) mass is 553 g/mol. The number of carbonyl (C=O) groups excluding carboxylic acids is 2. The SMILES string of the molecule is CCNC(=O)c1cc(Br)cc(CC)c1NC(=O)c1cc(Br)nn1-c1ncccc1Cl. The maximum absolute atomic E-state index is 13.2. The largest absolute Gasteiger partial charge is 0.352 e. The van der Waals surface area contributed by atoms with Crippen molar-refractivity contribution in [1.29, 1.82) is 0 Å². The smallest absolute Gasteiger partial charge is 0.274 e. The summed E-state index contributed by atoms with van der Waals surface area (Å²) in [6.45, 7) is 4.26. The van der Waals surface area contributed by atoms with Gasteiger partial charge in [-0.15, -0.1) is 0 Å². The molecule has 156 valence electrons. The summed E-state index contributed by atoms with van der Waals surface area (Å²) >= 11 is 13.0. The number of aromatic nitrogens is 3. The summed E-state index contributed by atoms with van der Waals surface area (Å²) in [5, 5.41) is 10.3. The average molecular weight is 556 g/mol. The predicted molar refractivity (Wildman–Crippen MR) is 124 cm³/mol. The van der Waals surface area contributed by atoms with Crippen LogP contribution in [0.25, 0.3) is 5.82 Å². The fourth-order valence-electron chi connectivity index (χ4n) is 2.91. The van der Waals surface area contributed by atoms with Crippen LogP contribution in [0.5, 0.6) is 0 Å². The zero-order valence-corrected chi connectivity index (χ0v) is 20.1. The fourth-order valence-corrected chi connectivity index (χ4v) is 3.99. The third kappa shape index (κ3) is 4.74. The van der Waals surface area contributed by atoms with Crippen LogP contribution in [0.2, 0.25) is 5.02 Å². The summed E-state index contributed by atoms with van der Waals surface area (Å²) in [7, 11) is 0. The van der Waals surface area contributed by atoms with Crippen molar-refractivity contribution in [2.45, 2.75) is 20.3 Å². The van der Waals surface area contributed by atoms with Crippen molar-refractivity contribution in [1.82, 2.24) is 20.1 Å². The van der Waals surface area contributed by atoms with E-state index in [2.05, 4.69) is 52.6 Å². The molecule has 0 aliphatic rings. The van der Waals surface area contributed by atoms with Gasteiger partial charge in [0, 0.05) is 23.3 Å². The highest BCUT2D eigenvalue weighted by atomic mass is 79.9. The van der Waals surface area contributed by atoms with Crippen molar-refractivity contribution < 1.29 is 9.59 Å². The molecule has 0 spiro atoms. The van der Waals surface area contributed by atoms with Crippen molar-refractivity contribution in [2.24, 2.45) is 0 Å². The van der Waals surface area contributed by atoms with Crippen LogP contribution in [-0.4, -0.2) is 33.1 Å². The highest BCUT2D eigenvalue weighted by Gasteiger charge is 2.22. The van der Waals surface area contributed by atoms with Crippen LogP contribution in [0.1, 0.15) is 40.3 Å². The zero-order valence-electron chi connectivity index (χ0n) is 16.2. The second-order valence-electron chi connectivity index (χ2n) is 6.23. The first-order valence-electron chi connectivity index (χ1n) is 9.14. The number of aryl methyl sites for hydroxylation is 1. The number of pyridine rings is 1. The van der Waals surface area contributed by atoms with Gasteiger partial charge in [0.25, 0.3) is 11.8 Å². The minimum Gasteiger partial charge on any atom is -0.352 e. The van der Waals surface area contributed by atoms with E-state index >= 15 is 0 Å². The van der Waals surface area contributed by atoms with Crippen LogP contribution in [0, 0.1) is 0 Å². The van der Waals surface area contributed by atoms with Gasteiger partial charge in [-0.25, -0.2) is 9.67 Å². The topological polar surface area (TPSA) is 88.9 Å². The zero-order chi connectivity index (χ0) is 21.8. The van der Waals surface area contributed by atoms with Crippen molar-refractivity contribution in [3.63, 3.8) is 0 Å². The molecule has 0 aliphatic heterocycles. The third-order valence-corrected chi connectivity index (χ3v) is 5.38. The molecule has 0 bridgehead atoms. The lowest BCUT2D eigenvalue weighted by Crippen LogP contribution is -2.26. The van der Waals surface area contributed by atoms with Crippen molar-refractivity contribution in [3.8, 4) is 5.82 Å². The van der Waals surface area contributed by atoms with Gasteiger partial charge in [-0.05, 0) is 59.1 Å². The van der Waals surface area contributed by atoms with E-state index in [-0.39, 0.29) is 11.6 Å². The molecule has 0 atom stereocenters. The van der Waals surface area contributed by atoms with Crippen LogP contribution in [0.4, 0.5) is 5.69 Å². The molecular weight excluding hydrogens is 538 g/mol. The lowest BCUT2D eigenvalue weighted by molar-refractivity contribution is 0.0956. The molecule has 2 heterocycles. The van der Waals surface area contributed by atoms with Gasteiger partial charge in [-0.3, -0.25) is 9.59 Å². The van der Waals surface area contributed by atoms with Gasteiger partial charge in [0.05, 0.1) is 16.3 Å². The highest BCUT2D eigenvalue weighted by Crippen LogP contribution is 2.29. The Morgan fingerprint density at radius 3 is 2.60 bits per heavy atom. The minimum atomic E-state index is -0.447. The molecule has 0 radical (unpaired) electrons. The number of hydrogen-bond acceptors (Lipinski definition) is 4. The summed E-state index contributed by atoms with van der Waals surface area (Å²) in [6, 6.07) is 8.48. The molecule has 1 aromatic carbocycles. The number of carbonyl (C=O) groups is 2. The Bertz CT molecular complexity index is 1120. The molecule has 0 fully saturated rings. The molecule has 2 aromatic heterocycles. The van der Waals surface area contributed by atoms with E-state index in [0.29, 0.717) is 39.7 Å². The second-order valence-corrected chi connectivity index (χ2v) is 8.36. The molecular formula is C20H18Br2ClN5O2. The first kappa shape index (κ1) is 22.5. The van der Waals surface area contributed by atoms with Gasteiger partial charge in [-0.2, -0.15) is 5.10 Å². The van der Waals surface area contributed by atoms with Gasteiger partial charge in [0.1, 0.15) is 10.3 Å². The van der Waals surface area contributed by atoms with E-state index in [9.17, 15) is 9.59 Å². The minimum absolute atomic E-state index is 0.217. The van der Waals surface area contributed by atoms with Crippen molar-refractivity contribution >= 4 is 61.0 Å². The summed E-state index contributed by atoms with van der Waals surface area (Å²) in [5.41, 5.74) is 1.86. The number of hydrogen-bond donors (Lipinski definition) is 2. The Kier molecular flexibility index (Phi) is 7.27. The van der Waals surface area contributed by atoms with Gasteiger partial charge in [-0.1, -0.05) is 34.5 Å². The van der Waals surface area contributed by atoms with E-state index in [4.69, 9.17) is 11.6 Å². The maximum Gasteiger partial charge on any atom is 0.274 e. The number of rotatable bonds is 6. The second kappa shape index (κ2) is 9.72. The Labute approximate surface area is 195 Å². The lowest BCUT2D eigenvalue weighted by Gasteiger charge is -2.16. The van der Waals surface area contributed by atoms with E-state index in [1.54, 1.807) is 30.5 Å². The van der Waals surface area contributed by atoms with E-state index in [0.717, 1.165) is 10.0 Å². The van der Waals surface area contributed by atoms with E-state index in [1.165, 1.54) is 4.68 Å². The average Bonchev–Trinajstić information content (AvgIpc) is 3.11. The van der Waals surface area contributed by atoms with Crippen LogP contribution >= 0.6 is 43.5 Å². The van der Waals surface area contributed by atoms with Gasteiger partial charge >= 0.3 is 0 Å². The first-order valence-corrected chi connectivity index (χ1v) is 11.1. The summed E-state index contributed by atoms with van der Waals surface area (Å²) < 4.78 is 2.56. The maximum atomic E-state index is 13.2. The molecule has 0 aliphatic carbocycles. The van der Waals surface area contributed by atoms with Gasteiger partial charge < -0.3 is 10.6 Å². The molecule has 30 heavy (non-hydrogen) atoms. The van der Waals surface area contributed by atoms with Gasteiger partial charge in [0.15, 0.2) is 5.82 Å². The molecule has 0 unspecified atom stereocenters. The summed E-state index contributed by atoms with van der Waals surface area (Å²) in [5.74, 6) is -0.394. The standard InChI is InChI=1S/C20H18Br2ClN5O2/c1-3-11-8-12(21)9-13(19(29)24-4-2)17(11)26-20(30)15-10-16(22)27-28(15)18-14(23)6-5-7-25-18/h5-10H,3-4H2,1-2H3,(H,24,29)(H,26,30). The van der Waals surface area contributed by atoms with Crippen molar-refractivity contribution in [2.75, 3.05) is 11.9 Å². The predicted octanol–water partition coefficient (Wildman–Crippen LogP) is 5.01. The molecule has 10 heteroatoms. The lowest BCUT2D eigenvalue weighted by atomic mass is 10.0. The quantitative estimate of drug-likeness (QED) is 0.448. The van der Waals surface area contributed by atoms with Crippen molar-refractivity contribution in [3.05, 3.63) is 67.4 Å². The third-order valence-electron chi connectivity index (χ3n) is 4.24. The molecule has 2 amide bonds. The van der Waals surface area contributed by atoms with Crippen LogP contribution in [0.3, 0.4) is 0 Å². The Balaban J connectivity index is 2.06. The van der Waals surface area contributed by atoms with Gasteiger partial charge in [0.2, 0.25) is 0 Å². The first-order chi connectivity index (χ1) is 14.3. The Morgan fingerprint density at radius 2 is 1.93 bits per heavy atom. The van der Waals surface area contributed by atoms with E-state index < -0.39 is 5.91 Å². The summed E-state index contributed by atoms with van der Waals surface area (Å²) in [6.07, 6.45) is 2.19. The number of nitrogens with zero attached hydrogens (tertiary/aromatic N) is 3. The Hall–Kier alpha value is -2.23. The van der Waals surface area contributed by atoms with Crippen LogP contribution in [0.15, 0.2) is 45.6 Å². The number of anilines is 1. The number of benzene rings is 1. The van der Waals surface area contributed by atoms with Crippen LogP contribution < -0.4 is 10.6 Å². The summed E-state index contributed by atoms with van der Waals surface area (Å²) in [4.78, 5) is 30.0. The highest BCUT2D eigenvalue weighted by molar-refractivity contribution is 9.10. The molecule has 7 nitrogen and oxygen atoms in total. The Morgan fingerprint density at radius 1 is 1.17 bits per heavy atom. The number of amides is 2. The number of nitrogens with one attached hydrogen (secondary N) is 2. The number of halogens is 3. The molecule has 3 aromatic rings. The molecule has 0 saturated heterocycles. The fraction of sp³-hybridized carbons (Fsp3) is 0.200. The molecule has 2 N–H and O–H groups in total. The van der Waals surface area contributed by atoms with Crippen LogP contribution in [-0.2, 0) is 6.42 Å². The normalized spacial score (nSPS) is 10.7. The van der Waals surface area contributed by atoms with E-state index in [1.807, 2.05) is 19.9 Å². The molecule has 3 rings (SSSR count). The molecule has 0 saturated carbocycles.